The lowest BCUT2D eigenvalue weighted by molar-refractivity contribution is 0.319. The van der Waals surface area contributed by atoms with Crippen LogP contribution in [0, 0.1) is 6.92 Å². The molecule has 2 atom stereocenters. The Kier molecular flexibility index (Phi) is 4.08. The van der Waals surface area contributed by atoms with E-state index in [2.05, 4.69) is 47.3 Å². The van der Waals surface area contributed by atoms with Crippen LogP contribution in [0.5, 0.6) is 0 Å². The van der Waals surface area contributed by atoms with Gasteiger partial charge in [-0.05, 0) is 18.9 Å². The minimum absolute atomic E-state index is 0.192. The SMILES string of the molecule is CCc1noc(C)c1CN1C[C@@H](N)[C@H](c2ccccc2)C1. The van der Waals surface area contributed by atoms with E-state index < -0.39 is 0 Å². The molecule has 0 spiro atoms. The van der Waals surface area contributed by atoms with Crippen LogP contribution in [0.4, 0.5) is 0 Å². The van der Waals surface area contributed by atoms with Crippen molar-refractivity contribution in [1.82, 2.24) is 10.1 Å². The summed E-state index contributed by atoms with van der Waals surface area (Å²) in [6.07, 6.45) is 0.911. The molecule has 1 aromatic heterocycles. The molecule has 3 rings (SSSR count). The summed E-state index contributed by atoms with van der Waals surface area (Å²) in [6, 6.07) is 10.8. The Balaban J connectivity index is 1.73. The van der Waals surface area contributed by atoms with Crippen LogP contribution < -0.4 is 5.73 Å². The molecule has 1 saturated heterocycles. The highest BCUT2D eigenvalue weighted by atomic mass is 16.5. The fraction of sp³-hybridized carbons (Fsp3) is 0.471. The van der Waals surface area contributed by atoms with Gasteiger partial charge in [-0.25, -0.2) is 0 Å². The van der Waals surface area contributed by atoms with Gasteiger partial charge < -0.3 is 10.3 Å². The normalized spacial score (nSPS) is 22.8. The fourth-order valence-electron chi connectivity index (χ4n) is 3.24. The van der Waals surface area contributed by atoms with Crippen LogP contribution in [-0.2, 0) is 13.0 Å². The van der Waals surface area contributed by atoms with Crippen LogP contribution in [0.15, 0.2) is 34.9 Å². The standard InChI is InChI=1S/C17H23N3O/c1-3-17-14(12(2)21-19-17)9-20-10-15(16(18)11-20)13-7-5-4-6-8-13/h4-8,15-16H,3,9-11,18H2,1-2H3/t15-,16+/m0/s1. The van der Waals surface area contributed by atoms with Crippen molar-refractivity contribution in [2.75, 3.05) is 13.1 Å². The quantitative estimate of drug-likeness (QED) is 0.937. The molecule has 1 aliphatic rings. The molecule has 0 radical (unpaired) electrons. The van der Waals surface area contributed by atoms with Gasteiger partial charge in [-0.3, -0.25) is 4.90 Å². The number of benzene rings is 1. The number of rotatable bonds is 4. The van der Waals surface area contributed by atoms with Crippen molar-refractivity contribution in [2.45, 2.75) is 38.8 Å². The third-order valence-corrected chi connectivity index (χ3v) is 4.45. The molecule has 0 amide bonds. The lowest BCUT2D eigenvalue weighted by atomic mass is 9.95. The fourth-order valence-corrected chi connectivity index (χ4v) is 3.24. The second-order valence-electron chi connectivity index (χ2n) is 5.89. The zero-order valence-corrected chi connectivity index (χ0v) is 12.7. The Morgan fingerprint density at radius 2 is 2.05 bits per heavy atom. The van der Waals surface area contributed by atoms with E-state index in [9.17, 15) is 0 Å². The van der Waals surface area contributed by atoms with Gasteiger partial charge in [0.15, 0.2) is 0 Å². The zero-order chi connectivity index (χ0) is 14.8. The maximum atomic E-state index is 6.36. The van der Waals surface area contributed by atoms with Crippen molar-refractivity contribution < 1.29 is 4.52 Å². The molecule has 1 aromatic carbocycles. The third-order valence-electron chi connectivity index (χ3n) is 4.45. The highest BCUT2D eigenvalue weighted by Crippen LogP contribution is 2.28. The van der Waals surface area contributed by atoms with Gasteiger partial charge in [0.2, 0.25) is 0 Å². The van der Waals surface area contributed by atoms with E-state index in [-0.39, 0.29) is 6.04 Å². The first kappa shape index (κ1) is 14.3. The number of hydrogen-bond donors (Lipinski definition) is 1. The van der Waals surface area contributed by atoms with Crippen molar-refractivity contribution in [1.29, 1.82) is 0 Å². The van der Waals surface area contributed by atoms with Crippen LogP contribution in [0.25, 0.3) is 0 Å². The second kappa shape index (κ2) is 6.00. The maximum Gasteiger partial charge on any atom is 0.138 e. The second-order valence-corrected chi connectivity index (χ2v) is 5.89. The average molecular weight is 285 g/mol. The van der Waals surface area contributed by atoms with E-state index >= 15 is 0 Å². The molecule has 2 aromatic rings. The Morgan fingerprint density at radius 1 is 1.29 bits per heavy atom. The molecule has 21 heavy (non-hydrogen) atoms. The number of nitrogens with zero attached hydrogens (tertiary/aromatic N) is 2. The predicted molar refractivity (Wildman–Crippen MR) is 83.1 cm³/mol. The van der Waals surface area contributed by atoms with Crippen LogP contribution in [0.3, 0.4) is 0 Å². The molecule has 4 nitrogen and oxygen atoms in total. The molecule has 0 unspecified atom stereocenters. The highest BCUT2D eigenvalue weighted by Gasteiger charge is 2.32. The number of nitrogens with two attached hydrogens (primary N) is 1. The molecule has 2 heterocycles. The molecule has 4 heteroatoms. The smallest absolute Gasteiger partial charge is 0.138 e. The third kappa shape index (κ3) is 2.87. The van der Waals surface area contributed by atoms with E-state index in [1.165, 1.54) is 11.1 Å². The Morgan fingerprint density at radius 3 is 2.76 bits per heavy atom. The molecule has 2 N–H and O–H groups in total. The summed E-state index contributed by atoms with van der Waals surface area (Å²) >= 11 is 0. The average Bonchev–Trinajstić information content (AvgIpc) is 3.04. The van der Waals surface area contributed by atoms with Crippen molar-refractivity contribution in [3.63, 3.8) is 0 Å². The molecule has 0 aliphatic carbocycles. The summed E-state index contributed by atoms with van der Waals surface area (Å²) in [4.78, 5) is 2.42. The largest absolute Gasteiger partial charge is 0.361 e. The number of aromatic nitrogens is 1. The minimum atomic E-state index is 0.192. The zero-order valence-electron chi connectivity index (χ0n) is 12.7. The summed E-state index contributed by atoms with van der Waals surface area (Å²) in [5, 5.41) is 4.14. The highest BCUT2D eigenvalue weighted by molar-refractivity contribution is 5.25. The predicted octanol–water partition coefficient (Wildman–Crippen LogP) is 2.47. The molecular formula is C17H23N3O. The molecule has 1 aliphatic heterocycles. The summed E-state index contributed by atoms with van der Waals surface area (Å²) in [5.74, 6) is 1.35. The Hall–Kier alpha value is -1.65. The van der Waals surface area contributed by atoms with Crippen LogP contribution in [0.1, 0.15) is 35.4 Å². The van der Waals surface area contributed by atoms with Crippen molar-refractivity contribution in [2.24, 2.45) is 5.73 Å². The Labute approximate surface area is 125 Å². The van der Waals surface area contributed by atoms with Crippen LogP contribution in [-0.4, -0.2) is 29.2 Å². The van der Waals surface area contributed by atoms with Gasteiger partial charge >= 0.3 is 0 Å². The lowest BCUT2D eigenvalue weighted by Gasteiger charge is -2.16. The Bertz CT molecular complexity index is 593. The van der Waals surface area contributed by atoms with E-state index in [1.807, 2.05) is 6.92 Å². The van der Waals surface area contributed by atoms with Gasteiger partial charge in [-0.1, -0.05) is 42.4 Å². The first-order valence-corrected chi connectivity index (χ1v) is 7.66. The van der Waals surface area contributed by atoms with Crippen molar-refractivity contribution in [3.05, 3.63) is 52.9 Å². The maximum absolute atomic E-state index is 6.36. The molecule has 0 saturated carbocycles. The number of aryl methyl sites for hydroxylation is 2. The van der Waals surface area contributed by atoms with Gasteiger partial charge in [-0.2, -0.15) is 0 Å². The summed E-state index contributed by atoms with van der Waals surface area (Å²) in [6.45, 7) is 6.91. The molecule has 1 fully saturated rings. The van der Waals surface area contributed by atoms with Gasteiger partial charge in [0, 0.05) is 37.2 Å². The van der Waals surface area contributed by atoms with Gasteiger partial charge in [0.25, 0.3) is 0 Å². The van der Waals surface area contributed by atoms with E-state index in [0.717, 1.165) is 37.5 Å². The molecule has 112 valence electrons. The monoisotopic (exact) mass is 285 g/mol. The van der Waals surface area contributed by atoms with Gasteiger partial charge in [-0.15, -0.1) is 0 Å². The van der Waals surface area contributed by atoms with Crippen LogP contribution >= 0.6 is 0 Å². The number of hydrogen-bond acceptors (Lipinski definition) is 4. The summed E-state index contributed by atoms with van der Waals surface area (Å²) in [7, 11) is 0. The topological polar surface area (TPSA) is 55.3 Å². The van der Waals surface area contributed by atoms with Crippen molar-refractivity contribution in [3.8, 4) is 0 Å². The lowest BCUT2D eigenvalue weighted by Crippen LogP contribution is -2.28. The molecule has 0 bridgehead atoms. The summed E-state index contributed by atoms with van der Waals surface area (Å²) in [5.41, 5.74) is 10.0. The van der Waals surface area contributed by atoms with Crippen LogP contribution in [0.2, 0.25) is 0 Å². The molecular weight excluding hydrogens is 262 g/mol. The number of likely N-dealkylation sites (tertiary alicyclic amines) is 1. The van der Waals surface area contributed by atoms with E-state index in [4.69, 9.17) is 10.3 Å². The van der Waals surface area contributed by atoms with E-state index in [1.54, 1.807) is 0 Å². The van der Waals surface area contributed by atoms with Gasteiger partial charge in [0.1, 0.15) is 5.76 Å². The summed E-state index contributed by atoms with van der Waals surface area (Å²) < 4.78 is 5.33. The van der Waals surface area contributed by atoms with Gasteiger partial charge in [0.05, 0.1) is 5.69 Å². The van der Waals surface area contributed by atoms with Crippen molar-refractivity contribution >= 4 is 0 Å². The minimum Gasteiger partial charge on any atom is -0.361 e. The first-order chi connectivity index (χ1) is 10.2. The first-order valence-electron chi connectivity index (χ1n) is 7.66. The van der Waals surface area contributed by atoms with E-state index in [0.29, 0.717) is 5.92 Å².